The number of nitrogens with zero attached hydrogens (tertiary/aromatic N) is 1. The molecule has 1 aliphatic rings. The second-order valence-corrected chi connectivity index (χ2v) is 8.08. The molecule has 1 aromatic rings. The highest BCUT2D eigenvalue weighted by atomic mass is 32.2. The average molecular weight is 334 g/mol. The number of carbonyl (C=O) groups is 1. The van der Waals surface area contributed by atoms with Crippen LogP contribution in [0.3, 0.4) is 0 Å². The first kappa shape index (κ1) is 17.4. The summed E-state index contributed by atoms with van der Waals surface area (Å²) in [6.45, 7) is 13.0. The monoisotopic (exact) mass is 334 g/mol. The van der Waals surface area contributed by atoms with Crippen LogP contribution >= 0.6 is 0 Å². The Morgan fingerprint density at radius 2 is 1.78 bits per heavy atom. The van der Waals surface area contributed by atoms with Gasteiger partial charge in [0.05, 0.1) is 10.3 Å². The maximum Gasteiger partial charge on any atom is 0.243 e. The van der Waals surface area contributed by atoms with E-state index in [4.69, 9.17) is 0 Å². The van der Waals surface area contributed by atoms with E-state index in [9.17, 15) is 13.2 Å². The van der Waals surface area contributed by atoms with Gasteiger partial charge in [-0.15, -0.1) is 13.2 Å². The molecule has 124 valence electrons. The molecule has 0 aliphatic carbocycles. The highest BCUT2D eigenvalue weighted by Crippen LogP contribution is 2.41. The number of anilines is 1. The first-order valence-corrected chi connectivity index (χ1v) is 8.78. The van der Waals surface area contributed by atoms with Crippen LogP contribution in [-0.2, 0) is 20.2 Å². The smallest absolute Gasteiger partial charge is 0.243 e. The Morgan fingerprint density at radius 1 is 1.22 bits per heavy atom. The van der Waals surface area contributed by atoms with Gasteiger partial charge in [0.1, 0.15) is 0 Å². The van der Waals surface area contributed by atoms with E-state index in [0.29, 0.717) is 11.3 Å². The zero-order valence-electron chi connectivity index (χ0n) is 13.7. The van der Waals surface area contributed by atoms with Crippen LogP contribution in [0.5, 0.6) is 0 Å². The Morgan fingerprint density at radius 3 is 2.30 bits per heavy atom. The largest absolute Gasteiger partial charge is 0.325 e. The minimum Gasteiger partial charge on any atom is -0.325 e. The van der Waals surface area contributed by atoms with Crippen LogP contribution in [0.2, 0.25) is 0 Å². The zero-order chi connectivity index (χ0) is 17.4. The molecule has 1 aromatic carbocycles. The molecule has 1 N–H and O–H groups in total. The first-order valence-electron chi connectivity index (χ1n) is 7.34. The van der Waals surface area contributed by atoms with Gasteiger partial charge in [0, 0.05) is 18.8 Å². The standard InChI is InChI=1S/C17H22N2O3S/c1-6-8-19(9-7-2)23(21,22)13-10-12(3)15-14(11-13)17(4,5)16(20)18-15/h6-7,10-11H,1-2,8-9H2,3-5H3,(H,18,20). The van der Waals surface area contributed by atoms with Crippen LogP contribution in [0, 0.1) is 6.92 Å². The number of sulfonamides is 1. The van der Waals surface area contributed by atoms with Crippen LogP contribution in [0.15, 0.2) is 42.3 Å². The molecule has 5 nitrogen and oxygen atoms in total. The van der Waals surface area contributed by atoms with Crippen molar-refractivity contribution in [3.8, 4) is 0 Å². The normalized spacial score (nSPS) is 16.1. The fourth-order valence-electron chi connectivity index (χ4n) is 2.66. The van der Waals surface area contributed by atoms with Crippen molar-refractivity contribution in [1.82, 2.24) is 4.31 Å². The SMILES string of the molecule is C=CCN(CC=C)S(=O)(=O)c1cc(C)c2c(c1)C(C)(C)C(=O)N2. The number of rotatable bonds is 6. The second kappa shape index (κ2) is 5.94. The fourth-order valence-corrected chi connectivity index (χ4v) is 4.16. The summed E-state index contributed by atoms with van der Waals surface area (Å²) in [5.41, 5.74) is 1.39. The first-order chi connectivity index (χ1) is 10.7. The van der Waals surface area contributed by atoms with Crippen molar-refractivity contribution in [1.29, 1.82) is 0 Å². The molecule has 0 aromatic heterocycles. The Labute approximate surface area is 137 Å². The lowest BCUT2D eigenvalue weighted by Gasteiger charge is -2.21. The summed E-state index contributed by atoms with van der Waals surface area (Å²) < 4.78 is 27.1. The van der Waals surface area contributed by atoms with Gasteiger partial charge in [-0.25, -0.2) is 8.42 Å². The van der Waals surface area contributed by atoms with Crippen molar-refractivity contribution in [3.05, 3.63) is 48.6 Å². The number of hydrogen-bond acceptors (Lipinski definition) is 3. The van der Waals surface area contributed by atoms with Crippen molar-refractivity contribution < 1.29 is 13.2 Å². The van der Waals surface area contributed by atoms with Gasteiger partial charge in [0.15, 0.2) is 0 Å². The molecule has 23 heavy (non-hydrogen) atoms. The van der Waals surface area contributed by atoms with E-state index >= 15 is 0 Å². The van der Waals surface area contributed by atoms with Crippen molar-refractivity contribution >= 4 is 21.6 Å². The lowest BCUT2D eigenvalue weighted by atomic mass is 9.85. The van der Waals surface area contributed by atoms with Crippen LogP contribution in [0.1, 0.15) is 25.0 Å². The van der Waals surface area contributed by atoms with Crippen molar-refractivity contribution in [2.45, 2.75) is 31.1 Å². The molecule has 0 radical (unpaired) electrons. The summed E-state index contributed by atoms with van der Waals surface area (Å²) >= 11 is 0. The lowest BCUT2D eigenvalue weighted by Crippen LogP contribution is -2.32. The molecule has 0 bridgehead atoms. The highest BCUT2D eigenvalue weighted by molar-refractivity contribution is 7.89. The van der Waals surface area contributed by atoms with E-state index in [1.54, 1.807) is 32.9 Å². The zero-order valence-corrected chi connectivity index (χ0v) is 14.5. The Balaban J connectivity index is 2.60. The number of carbonyl (C=O) groups excluding carboxylic acids is 1. The number of amides is 1. The molecular formula is C17H22N2O3S. The topological polar surface area (TPSA) is 66.5 Å². The third-order valence-electron chi connectivity index (χ3n) is 4.09. The van der Waals surface area contributed by atoms with Gasteiger partial charge in [0.25, 0.3) is 0 Å². The van der Waals surface area contributed by atoms with E-state index in [2.05, 4.69) is 18.5 Å². The van der Waals surface area contributed by atoms with E-state index in [-0.39, 0.29) is 23.9 Å². The number of fused-ring (bicyclic) bond motifs is 1. The summed E-state index contributed by atoms with van der Waals surface area (Å²) in [6.07, 6.45) is 3.08. The molecule has 0 unspecified atom stereocenters. The van der Waals surface area contributed by atoms with Gasteiger partial charge in [-0.05, 0) is 44.0 Å². The summed E-state index contributed by atoms with van der Waals surface area (Å²) in [4.78, 5) is 12.3. The predicted molar refractivity (Wildman–Crippen MR) is 92.0 cm³/mol. The minimum atomic E-state index is -3.69. The highest BCUT2D eigenvalue weighted by Gasteiger charge is 2.40. The van der Waals surface area contributed by atoms with Gasteiger partial charge in [-0.3, -0.25) is 4.79 Å². The number of hydrogen-bond donors (Lipinski definition) is 1. The predicted octanol–water partition coefficient (Wildman–Crippen LogP) is 2.59. The number of aryl methyl sites for hydroxylation is 1. The second-order valence-electron chi connectivity index (χ2n) is 6.14. The molecule has 2 rings (SSSR count). The molecule has 0 fully saturated rings. The van der Waals surface area contributed by atoms with Gasteiger partial charge in [-0.2, -0.15) is 4.31 Å². The van der Waals surface area contributed by atoms with Crippen molar-refractivity contribution in [3.63, 3.8) is 0 Å². The lowest BCUT2D eigenvalue weighted by molar-refractivity contribution is -0.119. The summed E-state index contributed by atoms with van der Waals surface area (Å²) in [5.74, 6) is -0.126. The Hall–Kier alpha value is -1.92. The molecule has 0 atom stereocenters. The van der Waals surface area contributed by atoms with Crippen LogP contribution in [0.4, 0.5) is 5.69 Å². The van der Waals surface area contributed by atoms with E-state index in [1.807, 2.05) is 0 Å². The molecule has 1 heterocycles. The Kier molecular flexibility index (Phi) is 4.50. The molecule has 1 aliphatic heterocycles. The molecule has 1 amide bonds. The molecular weight excluding hydrogens is 312 g/mol. The van der Waals surface area contributed by atoms with Crippen LogP contribution < -0.4 is 5.32 Å². The maximum atomic E-state index is 12.9. The summed E-state index contributed by atoms with van der Waals surface area (Å²) in [5, 5.41) is 2.83. The van der Waals surface area contributed by atoms with Crippen molar-refractivity contribution in [2.75, 3.05) is 18.4 Å². The number of nitrogens with one attached hydrogen (secondary N) is 1. The third kappa shape index (κ3) is 2.84. The van der Waals surface area contributed by atoms with Gasteiger partial charge >= 0.3 is 0 Å². The molecule has 0 saturated heterocycles. The van der Waals surface area contributed by atoms with Crippen LogP contribution in [-0.4, -0.2) is 31.7 Å². The van der Waals surface area contributed by atoms with E-state index < -0.39 is 15.4 Å². The van der Waals surface area contributed by atoms with Gasteiger partial charge < -0.3 is 5.32 Å². The van der Waals surface area contributed by atoms with Crippen LogP contribution in [0.25, 0.3) is 0 Å². The van der Waals surface area contributed by atoms with E-state index in [1.165, 1.54) is 16.5 Å². The fraction of sp³-hybridized carbons (Fsp3) is 0.353. The molecule has 0 spiro atoms. The summed E-state index contributed by atoms with van der Waals surface area (Å²) in [6, 6.07) is 3.18. The number of benzene rings is 1. The van der Waals surface area contributed by atoms with Gasteiger partial charge in [-0.1, -0.05) is 12.2 Å². The molecule has 6 heteroatoms. The minimum absolute atomic E-state index is 0.126. The van der Waals surface area contributed by atoms with Crippen molar-refractivity contribution in [2.24, 2.45) is 0 Å². The Bertz CT molecular complexity index is 769. The third-order valence-corrected chi connectivity index (χ3v) is 5.90. The summed E-state index contributed by atoms with van der Waals surface area (Å²) in [7, 11) is -3.69. The molecule has 0 saturated carbocycles. The maximum absolute atomic E-state index is 12.9. The average Bonchev–Trinajstić information content (AvgIpc) is 2.70. The van der Waals surface area contributed by atoms with E-state index in [0.717, 1.165) is 5.56 Å². The quantitative estimate of drug-likeness (QED) is 0.813. The van der Waals surface area contributed by atoms with Gasteiger partial charge in [0.2, 0.25) is 15.9 Å².